The van der Waals surface area contributed by atoms with Crippen molar-refractivity contribution in [2.45, 2.75) is 103 Å². The molecule has 3 N–H and O–H groups in total. The highest BCUT2D eigenvalue weighted by atomic mass is 16.3. The van der Waals surface area contributed by atoms with Crippen LogP contribution in [0, 0.1) is 0 Å². The molecule has 0 rings (SSSR count). The summed E-state index contributed by atoms with van der Waals surface area (Å²) < 4.78 is 0. The van der Waals surface area contributed by atoms with Crippen LogP contribution in [0.25, 0.3) is 0 Å². The zero-order chi connectivity index (χ0) is 18.0. The highest BCUT2D eigenvalue weighted by Gasteiger charge is 2.15. The topological polar surface area (TPSA) is 69.6 Å². The van der Waals surface area contributed by atoms with E-state index in [-0.39, 0.29) is 12.5 Å². The number of hydrogen-bond donors (Lipinski definition) is 3. The highest BCUT2D eigenvalue weighted by molar-refractivity contribution is 5.73. The molecule has 24 heavy (non-hydrogen) atoms. The largest absolute Gasteiger partial charge is 0.394 e. The van der Waals surface area contributed by atoms with Crippen molar-refractivity contribution >= 4 is 5.91 Å². The molecular weight excluding hydrogens is 302 g/mol. The van der Waals surface area contributed by atoms with E-state index in [2.05, 4.69) is 12.2 Å². The third kappa shape index (κ3) is 14.7. The molecule has 0 aromatic carbocycles. The minimum Gasteiger partial charge on any atom is -0.394 e. The number of carbonyl (C=O) groups is 1. The summed E-state index contributed by atoms with van der Waals surface area (Å²) in [5.74, 6) is -0.244. The van der Waals surface area contributed by atoms with Crippen LogP contribution in [0.15, 0.2) is 12.2 Å². The van der Waals surface area contributed by atoms with Crippen LogP contribution < -0.4 is 5.32 Å². The fourth-order valence-corrected chi connectivity index (χ4v) is 2.80. The zero-order valence-electron chi connectivity index (χ0n) is 15.8. The average Bonchev–Trinajstić information content (AvgIpc) is 2.56. The number of amides is 1. The first-order valence-corrected chi connectivity index (χ1v) is 9.84. The van der Waals surface area contributed by atoms with E-state index in [1.165, 1.54) is 71.1 Å². The predicted molar refractivity (Wildman–Crippen MR) is 101 cm³/mol. The van der Waals surface area contributed by atoms with Gasteiger partial charge in [-0.3, -0.25) is 4.79 Å². The van der Waals surface area contributed by atoms with Gasteiger partial charge in [0.05, 0.1) is 18.8 Å². The average molecular weight is 342 g/mol. The smallest absolute Gasteiger partial charge is 0.217 e. The number of nitrogens with one attached hydrogen (secondary N) is 1. The Balaban J connectivity index is 3.47. The van der Waals surface area contributed by atoms with Crippen LogP contribution in [0.2, 0.25) is 0 Å². The van der Waals surface area contributed by atoms with E-state index in [4.69, 9.17) is 5.11 Å². The quantitative estimate of drug-likeness (QED) is 0.292. The van der Waals surface area contributed by atoms with Crippen LogP contribution in [0.3, 0.4) is 0 Å². The summed E-state index contributed by atoms with van der Waals surface area (Å²) in [4.78, 5) is 10.9. The molecule has 0 bridgehead atoms. The van der Waals surface area contributed by atoms with Crippen LogP contribution in [0.4, 0.5) is 0 Å². The summed E-state index contributed by atoms with van der Waals surface area (Å²) in [5.41, 5.74) is 0. The third-order valence-corrected chi connectivity index (χ3v) is 4.31. The van der Waals surface area contributed by atoms with Crippen molar-refractivity contribution in [3.8, 4) is 0 Å². The van der Waals surface area contributed by atoms with Gasteiger partial charge in [0.1, 0.15) is 0 Å². The van der Waals surface area contributed by atoms with Crippen LogP contribution in [-0.4, -0.2) is 34.9 Å². The minimum atomic E-state index is -0.827. The molecule has 0 aliphatic heterocycles. The summed E-state index contributed by atoms with van der Waals surface area (Å²) >= 11 is 0. The molecule has 0 spiro atoms. The third-order valence-electron chi connectivity index (χ3n) is 4.31. The Hall–Kier alpha value is -0.870. The van der Waals surface area contributed by atoms with Gasteiger partial charge in [-0.1, -0.05) is 83.3 Å². The zero-order valence-corrected chi connectivity index (χ0v) is 15.8. The predicted octanol–water partition coefficient (Wildman–Crippen LogP) is 4.10. The number of unbranched alkanes of at least 4 members (excludes halogenated alkanes) is 11. The lowest BCUT2D eigenvalue weighted by Crippen LogP contribution is -2.44. The first-order valence-electron chi connectivity index (χ1n) is 9.84. The summed E-state index contributed by atoms with van der Waals surface area (Å²) in [6.45, 7) is 3.37. The molecule has 142 valence electrons. The SMILES string of the molecule is CCCCCCCCCCCCCC=C[C@H](O)[C@H](CO)NC(C)=O. The van der Waals surface area contributed by atoms with Gasteiger partial charge in [-0.15, -0.1) is 0 Å². The lowest BCUT2D eigenvalue weighted by Gasteiger charge is -2.18. The van der Waals surface area contributed by atoms with Crippen LogP contribution in [0.1, 0.15) is 90.9 Å². The van der Waals surface area contributed by atoms with Crippen LogP contribution in [0.5, 0.6) is 0 Å². The number of carbonyl (C=O) groups excluding carboxylic acids is 1. The summed E-state index contributed by atoms with van der Waals surface area (Å²) in [6.07, 6.45) is 18.3. The number of aliphatic hydroxyl groups is 2. The highest BCUT2D eigenvalue weighted by Crippen LogP contribution is 2.12. The Morgan fingerprint density at radius 2 is 1.46 bits per heavy atom. The molecule has 2 atom stereocenters. The van der Waals surface area contributed by atoms with Crippen molar-refractivity contribution in [1.82, 2.24) is 5.32 Å². The first kappa shape index (κ1) is 23.1. The minimum absolute atomic E-state index is 0.244. The van der Waals surface area contributed by atoms with E-state index in [1.807, 2.05) is 6.08 Å². The molecule has 0 saturated heterocycles. The maximum Gasteiger partial charge on any atom is 0.217 e. The molecule has 0 aliphatic carbocycles. The molecule has 0 saturated carbocycles. The second-order valence-electron chi connectivity index (χ2n) is 6.73. The molecule has 0 aliphatic rings. The molecule has 0 aromatic rings. The Morgan fingerprint density at radius 1 is 0.958 bits per heavy atom. The standard InChI is InChI=1S/C20H39NO3/c1-3-4-5-6-7-8-9-10-11-12-13-14-15-16-20(24)19(17-22)21-18(2)23/h15-16,19-20,22,24H,3-14,17H2,1-2H3,(H,21,23)/t19-,20-/m0/s1. The van der Waals surface area contributed by atoms with Gasteiger partial charge in [0.15, 0.2) is 0 Å². The van der Waals surface area contributed by atoms with Gasteiger partial charge in [0.2, 0.25) is 5.91 Å². The van der Waals surface area contributed by atoms with E-state index in [0.29, 0.717) is 0 Å². The van der Waals surface area contributed by atoms with Gasteiger partial charge in [-0.2, -0.15) is 0 Å². The maximum absolute atomic E-state index is 10.9. The van der Waals surface area contributed by atoms with Crippen molar-refractivity contribution in [2.75, 3.05) is 6.61 Å². The molecule has 0 heterocycles. The van der Waals surface area contributed by atoms with Gasteiger partial charge in [-0.05, 0) is 12.8 Å². The molecule has 0 fully saturated rings. The van der Waals surface area contributed by atoms with Gasteiger partial charge in [-0.25, -0.2) is 0 Å². The normalized spacial score (nSPS) is 14.0. The fraction of sp³-hybridized carbons (Fsp3) is 0.850. The molecule has 0 aromatic heterocycles. The van der Waals surface area contributed by atoms with Crippen molar-refractivity contribution in [3.63, 3.8) is 0 Å². The van der Waals surface area contributed by atoms with Crippen molar-refractivity contribution in [2.24, 2.45) is 0 Å². The molecule has 1 amide bonds. The maximum atomic E-state index is 10.9. The van der Waals surface area contributed by atoms with Crippen LogP contribution >= 0.6 is 0 Å². The van der Waals surface area contributed by atoms with Gasteiger partial charge in [0, 0.05) is 6.92 Å². The summed E-state index contributed by atoms with van der Waals surface area (Å²) in [6, 6.07) is -0.615. The fourth-order valence-electron chi connectivity index (χ4n) is 2.80. The Morgan fingerprint density at radius 3 is 1.92 bits per heavy atom. The van der Waals surface area contributed by atoms with E-state index in [1.54, 1.807) is 6.08 Å². The molecule has 4 nitrogen and oxygen atoms in total. The first-order chi connectivity index (χ1) is 11.6. The molecule has 0 unspecified atom stereocenters. The van der Waals surface area contributed by atoms with Crippen LogP contribution in [-0.2, 0) is 4.79 Å². The summed E-state index contributed by atoms with van der Waals surface area (Å²) in [7, 11) is 0. The van der Waals surface area contributed by atoms with Crippen molar-refractivity contribution < 1.29 is 15.0 Å². The number of hydrogen-bond acceptors (Lipinski definition) is 3. The van der Waals surface area contributed by atoms with Crippen molar-refractivity contribution in [3.05, 3.63) is 12.2 Å². The van der Waals surface area contributed by atoms with E-state index < -0.39 is 12.1 Å². The van der Waals surface area contributed by atoms with E-state index >= 15 is 0 Å². The van der Waals surface area contributed by atoms with E-state index in [0.717, 1.165) is 12.8 Å². The Labute approximate surface area is 148 Å². The molecule has 0 radical (unpaired) electrons. The summed E-state index contributed by atoms with van der Waals surface area (Å²) in [5, 5.41) is 21.5. The monoisotopic (exact) mass is 341 g/mol. The lowest BCUT2D eigenvalue weighted by molar-refractivity contribution is -0.120. The van der Waals surface area contributed by atoms with E-state index in [9.17, 15) is 9.90 Å². The molecule has 4 heteroatoms. The number of allylic oxidation sites excluding steroid dienone is 1. The lowest BCUT2D eigenvalue weighted by atomic mass is 10.0. The van der Waals surface area contributed by atoms with Gasteiger partial charge >= 0.3 is 0 Å². The van der Waals surface area contributed by atoms with Gasteiger partial charge < -0.3 is 15.5 Å². The Bertz CT molecular complexity index is 318. The van der Waals surface area contributed by atoms with Crippen molar-refractivity contribution in [1.29, 1.82) is 0 Å². The molecular formula is C20H39NO3. The number of aliphatic hydroxyl groups excluding tert-OH is 2. The second-order valence-corrected chi connectivity index (χ2v) is 6.73. The Kier molecular flexibility index (Phi) is 16.4. The number of rotatable bonds is 16. The van der Waals surface area contributed by atoms with Gasteiger partial charge in [0.25, 0.3) is 0 Å². The second kappa shape index (κ2) is 17.0.